The number of nitrogens with one attached hydrogen (secondary N) is 1. The average Bonchev–Trinajstić information content (AvgIpc) is 2.22. The highest BCUT2D eigenvalue weighted by Crippen LogP contribution is 2.21. The summed E-state index contributed by atoms with van der Waals surface area (Å²) >= 11 is 0. The Morgan fingerprint density at radius 1 is 1.65 bits per heavy atom. The number of carbonyl (C=O) groups is 1. The van der Waals surface area contributed by atoms with Crippen LogP contribution in [-0.4, -0.2) is 52.2 Å². The van der Waals surface area contributed by atoms with Crippen molar-refractivity contribution in [3.8, 4) is 0 Å². The quantitative estimate of drug-likeness (QED) is 0.504. The molecule has 0 saturated heterocycles. The molecule has 1 aliphatic heterocycles. The van der Waals surface area contributed by atoms with Crippen molar-refractivity contribution in [1.29, 1.82) is 0 Å². The minimum atomic E-state index is -0.936. The number of hydrogen-bond donors (Lipinski definition) is 4. The van der Waals surface area contributed by atoms with Crippen LogP contribution in [-0.2, 0) is 9.53 Å². The van der Waals surface area contributed by atoms with Gasteiger partial charge in [-0.15, -0.1) is 0 Å². The molecule has 0 radical (unpaired) electrons. The van der Waals surface area contributed by atoms with Gasteiger partial charge in [0, 0.05) is 13.3 Å². The zero-order valence-corrected chi connectivity index (χ0v) is 9.96. The number of ether oxygens (including phenoxy) is 1. The first-order valence-corrected chi connectivity index (χ1v) is 5.53. The lowest BCUT2D eigenvalue weighted by Gasteiger charge is -2.35. The van der Waals surface area contributed by atoms with Gasteiger partial charge in [-0.3, -0.25) is 4.79 Å². The predicted molar refractivity (Wildman–Crippen MR) is 60.0 cm³/mol. The molecule has 1 amide bonds. The molecule has 0 fully saturated rings. The Morgan fingerprint density at radius 2 is 2.29 bits per heavy atom. The van der Waals surface area contributed by atoms with E-state index >= 15 is 0 Å². The van der Waals surface area contributed by atoms with Crippen LogP contribution in [0.5, 0.6) is 0 Å². The van der Waals surface area contributed by atoms with E-state index in [0.717, 1.165) is 0 Å². The van der Waals surface area contributed by atoms with Crippen LogP contribution in [0.3, 0.4) is 0 Å². The third-order valence-electron chi connectivity index (χ3n) is 2.60. The van der Waals surface area contributed by atoms with E-state index in [9.17, 15) is 15.0 Å². The van der Waals surface area contributed by atoms with E-state index in [1.165, 1.54) is 13.0 Å². The van der Waals surface area contributed by atoms with E-state index in [4.69, 9.17) is 9.84 Å². The van der Waals surface area contributed by atoms with Crippen LogP contribution in [0.25, 0.3) is 0 Å². The molecule has 4 atom stereocenters. The standard InChI is InChI=1S/C11H19NO5/c1-6-3-9(16)11(12-7(2)14)10(17-6)4-8(15)5-13/h3,8-11,13,15-16H,4-5H2,1-2H3,(H,12,14)/t8-,9?,10?,11+/m0/s1. The molecule has 0 aromatic carbocycles. The fourth-order valence-electron chi connectivity index (χ4n) is 1.87. The van der Waals surface area contributed by atoms with Gasteiger partial charge in [0.1, 0.15) is 6.10 Å². The number of hydrogen-bond acceptors (Lipinski definition) is 5. The number of allylic oxidation sites excluding steroid dienone is 1. The molecule has 1 heterocycles. The lowest BCUT2D eigenvalue weighted by atomic mass is 9.96. The molecular formula is C11H19NO5. The number of amides is 1. The van der Waals surface area contributed by atoms with E-state index in [2.05, 4.69) is 5.32 Å². The van der Waals surface area contributed by atoms with E-state index < -0.39 is 24.4 Å². The highest BCUT2D eigenvalue weighted by Gasteiger charge is 2.34. The lowest BCUT2D eigenvalue weighted by molar-refractivity contribution is -0.122. The maximum Gasteiger partial charge on any atom is 0.217 e. The zero-order chi connectivity index (χ0) is 13.0. The molecule has 17 heavy (non-hydrogen) atoms. The summed E-state index contributed by atoms with van der Waals surface area (Å²) in [6.45, 7) is 2.65. The van der Waals surface area contributed by atoms with Crippen molar-refractivity contribution in [2.45, 2.75) is 44.6 Å². The van der Waals surface area contributed by atoms with E-state index in [1.54, 1.807) is 6.92 Å². The van der Waals surface area contributed by atoms with E-state index in [1.807, 2.05) is 0 Å². The van der Waals surface area contributed by atoms with Gasteiger partial charge in [0.15, 0.2) is 0 Å². The maximum atomic E-state index is 11.0. The third-order valence-corrected chi connectivity index (χ3v) is 2.60. The second-order valence-electron chi connectivity index (χ2n) is 4.22. The molecule has 1 rings (SSSR count). The van der Waals surface area contributed by atoms with Crippen molar-refractivity contribution < 1.29 is 24.9 Å². The van der Waals surface area contributed by atoms with E-state index in [0.29, 0.717) is 5.76 Å². The molecular weight excluding hydrogens is 226 g/mol. The van der Waals surface area contributed by atoms with Crippen LogP contribution >= 0.6 is 0 Å². The smallest absolute Gasteiger partial charge is 0.217 e. The molecule has 0 saturated carbocycles. The van der Waals surface area contributed by atoms with Crippen LogP contribution in [0.2, 0.25) is 0 Å². The Balaban J connectivity index is 2.75. The SMILES string of the molecule is CC(=O)N[C@@H]1C(O)C=C(C)OC1C[C@H](O)CO. The molecule has 6 nitrogen and oxygen atoms in total. The maximum absolute atomic E-state index is 11.0. The Labute approximate surface area is 99.9 Å². The van der Waals surface area contributed by atoms with Crippen molar-refractivity contribution in [2.75, 3.05) is 6.61 Å². The van der Waals surface area contributed by atoms with Crippen molar-refractivity contribution in [3.05, 3.63) is 11.8 Å². The van der Waals surface area contributed by atoms with Gasteiger partial charge in [-0.2, -0.15) is 0 Å². The Morgan fingerprint density at radius 3 is 2.82 bits per heavy atom. The largest absolute Gasteiger partial charge is 0.493 e. The molecule has 98 valence electrons. The highest BCUT2D eigenvalue weighted by molar-refractivity contribution is 5.73. The summed E-state index contributed by atoms with van der Waals surface area (Å²) in [5.41, 5.74) is 0. The average molecular weight is 245 g/mol. The van der Waals surface area contributed by atoms with Crippen LogP contribution in [0.4, 0.5) is 0 Å². The molecule has 0 bridgehead atoms. The first kappa shape index (κ1) is 14.0. The van der Waals surface area contributed by atoms with E-state index in [-0.39, 0.29) is 18.9 Å². The van der Waals surface area contributed by atoms with Crippen LogP contribution in [0.15, 0.2) is 11.8 Å². The van der Waals surface area contributed by atoms with Crippen LogP contribution in [0, 0.1) is 0 Å². The van der Waals surface area contributed by atoms with Gasteiger partial charge >= 0.3 is 0 Å². The molecule has 6 heteroatoms. The summed E-state index contributed by atoms with van der Waals surface area (Å²) in [6.07, 6.45) is -0.703. The summed E-state index contributed by atoms with van der Waals surface area (Å²) in [5.74, 6) is 0.253. The van der Waals surface area contributed by atoms with Gasteiger partial charge in [0.2, 0.25) is 5.91 Å². The summed E-state index contributed by atoms with van der Waals surface area (Å²) in [7, 11) is 0. The van der Waals surface area contributed by atoms with Crippen LogP contribution in [0.1, 0.15) is 20.3 Å². The molecule has 0 aromatic rings. The minimum absolute atomic E-state index is 0.143. The highest BCUT2D eigenvalue weighted by atomic mass is 16.5. The Bertz CT molecular complexity index is 304. The number of aliphatic hydroxyl groups excluding tert-OH is 3. The number of carbonyl (C=O) groups excluding carboxylic acids is 1. The van der Waals surface area contributed by atoms with Crippen LogP contribution < -0.4 is 5.32 Å². The van der Waals surface area contributed by atoms with Crippen molar-refractivity contribution in [3.63, 3.8) is 0 Å². The fourth-order valence-corrected chi connectivity index (χ4v) is 1.87. The first-order valence-electron chi connectivity index (χ1n) is 5.53. The summed E-state index contributed by atoms with van der Waals surface area (Å²) in [4.78, 5) is 11.0. The summed E-state index contributed by atoms with van der Waals surface area (Å²) in [5, 5.41) is 30.6. The van der Waals surface area contributed by atoms with Crippen molar-refractivity contribution in [2.24, 2.45) is 0 Å². The normalized spacial score (nSPS) is 30.2. The zero-order valence-electron chi connectivity index (χ0n) is 9.96. The molecule has 0 spiro atoms. The van der Waals surface area contributed by atoms with Gasteiger partial charge in [-0.1, -0.05) is 0 Å². The number of rotatable bonds is 4. The van der Waals surface area contributed by atoms with Gasteiger partial charge in [0.05, 0.1) is 30.6 Å². The first-order chi connectivity index (χ1) is 7.93. The summed E-state index contributed by atoms with van der Waals surface area (Å²) in [6, 6.07) is -0.614. The Hall–Kier alpha value is -1.11. The van der Waals surface area contributed by atoms with Gasteiger partial charge in [0.25, 0.3) is 0 Å². The molecule has 2 unspecified atom stereocenters. The second-order valence-corrected chi connectivity index (χ2v) is 4.22. The van der Waals surface area contributed by atoms with Gasteiger partial charge < -0.3 is 25.4 Å². The lowest BCUT2D eigenvalue weighted by Crippen LogP contribution is -2.53. The predicted octanol–water partition coefficient (Wildman–Crippen LogP) is -1.10. The number of aliphatic hydroxyl groups is 3. The molecule has 1 aliphatic rings. The monoisotopic (exact) mass is 245 g/mol. The van der Waals surface area contributed by atoms with Crippen molar-refractivity contribution in [1.82, 2.24) is 5.32 Å². The van der Waals surface area contributed by atoms with Gasteiger partial charge in [-0.25, -0.2) is 0 Å². The minimum Gasteiger partial charge on any atom is -0.493 e. The molecule has 0 aromatic heterocycles. The Kier molecular flexibility index (Phi) is 4.92. The topological polar surface area (TPSA) is 99.0 Å². The second kappa shape index (κ2) is 6.00. The molecule has 0 aliphatic carbocycles. The fraction of sp³-hybridized carbons (Fsp3) is 0.727. The van der Waals surface area contributed by atoms with Gasteiger partial charge in [-0.05, 0) is 13.0 Å². The molecule has 4 N–H and O–H groups in total. The third kappa shape index (κ3) is 3.99. The van der Waals surface area contributed by atoms with Crippen molar-refractivity contribution >= 4 is 5.91 Å². The summed E-state index contributed by atoms with van der Waals surface area (Å²) < 4.78 is 5.46.